The minimum atomic E-state index is -0.682. The standard InChI is InChI=1S/C23H23ClN4O3/c24-16-6-3-14(4-7-16)15-5-8-18-17(12-15)22(30)28-11-10-27(13-20(28)21(29)26-18)23(31)19-2-1-9-25-19/h3-8,12,19-20,25H,1-2,9-11,13H2,(H,26,29)/p+1/t19-,20+/m1/s1. The van der Waals surface area contributed by atoms with E-state index in [-0.39, 0.29) is 30.3 Å². The van der Waals surface area contributed by atoms with Crippen LogP contribution in [0.1, 0.15) is 23.2 Å². The predicted octanol–water partition coefficient (Wildman–Crippen LogP) is 1.34. The van der Waals surface area contributed by atoms with Gasteiger partial charge in [-0.05, 0) is 35.4 Å². The maximum atomic E-state index is 13.4. The fourth-order valence-electron chi connectivity index (χ4n) is 4.71. The number of nitrogens with one attached hydrogen (secondary N) is 1. The van der Waals surface area contributed by atoms with E-state index in [0.29, 0.717) is 29.4 Å². The monoisotopic (exact) mass is 439 g/mol. The highest BCUT2D eigenvalue weighted by atomic mass is 35.5. The first-order valence-corrected chi connectivity index (χ1v) is 11.0. The predicted molar refractivity (Wildman–Crippen MR) is 117 cm³/mol. The van der Waals surface area contributed by atoms with Crippen LogP contribution in [0.5, 0.6) is 0 Å². The molecule has 3 N–H and O–H groups in total. The van der Waals surface area contributed by atoms with Gasteiger partial charge in [0.2, 0.25) is 5.91 Å². The Morgan fingerprint density at radius 3 is 2.58 bits per heavy atom. The van der Waals surface area contributed by atoms with Gasteiger partial charge in [0.05, 0.1) is 24.3 Å². The number of quaternary nitrogens is 1. The minimum Gasteiger partial charge on any atom is -0.336 e. The van der Waals surface area contributed by atoms with E-state index in [0.717, 1.165) is 30.5 Å². The number of hydrogen-bond donors (Lipinski definition) is 2. The van der Waals surface area contributed by atoms with Gasteiger partial charge in [-0.1, -0.05) is 29.8 Å². The molecular weight excluding hydrogens is 416 g/mol. The average molecular weight is 440 g/mol. The molecule has 7 nitrogen and oxygen atoms in total. The van der Waals surface area contributed by atoms with Crippen LogP contribution >= 0.6 is 11.6 Å². The Morgan fingerprint density at radius 1 is 1.06 bits per heavy atom. The summed E-state index contributed by atoms with van der Waals surface area (Å²) in [5.74, 6) is -0.364. The maximum Gasteiger partial charge on any atom is 0.280 e. The van der Waals surface area contributed by atoms with Crippen molar-refractivity contribution in [3.63, 3.8) is 0 Å². The summed E-state index contributed by atoms with van der Waals surface area (Å²) in [6.07, 6.45) is 1.90. The van der Waals surface area contributed by atoms with Crippen LogP contribution in [0.15, 0.2) is 42.5 Å². The van der Waals surface area contributed by atoms with Crippen molar-refractivity contribution in [2.75, 3.05) is 31.5 Å². The maximum absolute atomic E-state index is 13.4. The third kappa shape index (κ3) is 3.68. The summed E-state index contributed by atoms with van der Waals surface area (Å²) >= 11 is 5.99. The summed E-state index contributed by atoms with van der Waals surface area (Å²) in [7, 11) is 0. The molecule has 2 fully saturated rings. The fourth-order valence-corrected chi connectivity index (χ4v) is 4.83. The number of hydrogen-bond acceptors (Lipinski definition) is 3. The van der Waals surface area contributed by atoms with E-state index in [4.69, 9.17) is 11.6 Å². The molecule has 3 heterocycles. The van der Waals surface area contributed by atoms with Crippen LogP contribution in [0.2, 0.25) is 5.02 Å². The Balaban J connectivity index is 1.41. The number of amides is 3. The molecule has 3 aliphatic heterocycles. The summed E-state index contributed by atoms with van der Waals surface area (Å²) < 4.78 is 0. The molecule has 5 rings (SSSR count). The van der Waals surface area contributed by atoms with Crippen molar-refractivity contribution in [3.05, 3.63) is 53.1 Å². The van der Waals surface area contributed by atoms with Gasteiger partial charge in [-0.3, -0.25) is 14.4 Å². The largest absolute Gasteiger partial charge is 0.336 e. The zero-order valence-corrected chi connectivity index (χ0v) is 17.8. The summed E-state index contributed by atoms with van der Waals surface area (Å²) in [5.41, 5.74) is 2.79. The van der Waals surface area contributed by atoms with E-state index < -0.39 is 6.04 Å². The fraction of sp³-hybridized carbons (Fsp3) is 0.348. The van der Waals surface area contributed by atoms with E-state index in [2.05, 4.69) is 10.6 Å². The molecule has 2 saturated heterocycles. The van der Waals surface area contributed by atoms with Crippen molar-refractivity contribution < 1.29 is 19.7 Å². The van der Waals surface area contributed by atoms with Crippen molar-refractivity contribution >= 4 is 35.0 Å². The molecule has 160 valence electrons. The van der Waals surface area contributed by atoms with Crippen molar-refractivity contribution in [2.24, 2.45) is 0 Å². The molecule has 2 atom stereocenters. The highest BCUT2D eigenvalue weighted by Crippen LogP contribution is 2.30. The van der Waals surface area contributed by atoms with Gasteiger partial charge in [-0.2, -0.15) is 0 Å². The minimum absolute atomic E-state index is 0.0600. The summed E-state index contributed by atoms with van der Waals surface area (Å²) in [5, 5.41) is 5.62. The Hall–Kier alpha value is -2.90. The van der Waals surface area contributed by atoms with E-state index in [1.54, 1.807) is 28.0 Å². The Bertz CT molecular complexity index is 1050. The van der Waals surface area contributed by atoms with Gasteiger partial charge in [0, 0.05) is 31.0 Å². The lowest BCUT2D eigenvalue weighted by Crippen LogP contribution is -2.89. The van der Waals surface area contributed by atoms with Gasteiger partial charge in [0.25, 0.3) is 11.8 Å². The molecule has 8 heteroatoms. The number of anilines is 1. The number of halogens is 1. The lowest BCUT2D eigenvalue weighted by atomic mass is 10.0. The second-order valence-electron chi connectivity index (χ2n) is 8.33. The average Bonchev–Trinajstić information content (AvgIpc) is 3.30. The van der Waals surface area contributed by atoms with Crippen LogP contribution in [-0.4, -0.2) is 65.8 Å². The molecular formula is C23H24ClN4O3+. The van der Waals surface area contributed by atoms with Crippen molar-refractivity contribution in [3.8, 4) is 11.1 Å². The molecule has 0 saturated carbocycles. The zero-order chi connectivity index (χ0) is 21.5. The number of rotatable bonds is 2. The van der Waals surface area contributed by atoms with Crippen LogP contribution in [0, 0.1) is 0 Å². The Morgan fingerprint density at radius 2 is 1.84 bits per heavy atom. The third-order valence-electron chi connectivity index (χ3n) is 6.43. The summed E-state index contributed by atoms with van der Waals surface area (Å²) in [4.78, 5) is 42.6. The van der Waals surface area contributed by atoms with Gasteiger partial charge < -0.3 is 20.4 Å². The quantitative estimate of drug-likeness (QED) is 0.740. The van der Waals surface area contributed by atoms with Gasteiger partial charge in [-0.15, -0.1) is 0 Å². The zero-order valence-electron chi connectivity index (χ0n) is 17.0. The van der Waals surface area contributed by atoms with Gasteiger partial charge in [0.1, 0.15) is 6.04 Å². The molecule has 0 aliphatic carbocycles. The lowest BCUT2D eigenvalue weighted by Gasteiger charge is -2.39. The van der Waals surface area contributed by atoms with E-state index in [1.165, 1.54) is 0 Å². The van der Waals surface area contributed by atoms with Crippen LogP contribution < -0.4 is 10.6 Å². The topological polar surface area (TPSA) is 86.3 Å². The first kappa shape index (κ1) is 20.0. The van der Waals surface area contributed by atoms with E-state index in [9.17, 15) is 14.4 Å². The Kier molecular flexibility index (Phi) is 5.16. The number of nitrogens with zero attached hydrogens (tertiary/aromatic N) is 2. The number of fused-ring (bicyclic) bond motifs is 2. The van der Waals surface area contributed by atoms with Gasteiger partial charge in [0.15, 0.2) is 6.04 Å². The molecule has 31 heavy (non-hydrogen) atoms. The smallest absolute Gasteiger partial charge is 0.280 e. The third-order valence-corrected chi connectivity index (χ3v) is 6.68. The lowest BCUT2D eigenvalue weighted by molar-refractivity contribution is -0.658. The van der Waals surface area contributed by atoms with Gasteiger partial charge in [-0.25, -0.2) is 0 Å². The van der Waals surface area contributed by atoms with Crippen molar-refractivity contribution in [1.29, 1.82) is 0 Å². The molecule has 0 aromatic heterocycles. The first-order chi connectivity index (χ1) is 15.0. The molecule has 3 aliphatic rings. The van der Waals surface area contributed by atoms with Crippen LogP contribution in [0.3, 0.4) is 0 Å². The van der Waals surface area contributed by atoms with Crippen LogP contribution in [0.25, 0.3) is 11.1 Å². The second-order valence-corrected chi connectivity index (χ2v) is 8.76. The highest BCUT2D eigenvalue weighted by Gasteiger charge is 2.42. The van der Waals surface area contributed by atoms with Gasteiger partial charge >= 0.3 is 0 Å². The van der Waals surface area contributed by atoms with Crippen LogP contribution in [0.4, 0.5) is 5.69 Å². The Labute approximate surface area is 185 Å². The molecule has 0 radical (unpaired) electrons. The summed E-state index contributed by atoms with van der Waals surface area (Å²) in [6.45, 7) is 1.99. The second kappa shape index (κ2) is 7.98. The van der Waals surface area contributed by atoms with E-state index >= 15 is 0 Å². The van der Waals surface area contributed by atoms with Crippen molar-refractivity contribution in [1.82, 2.24) is 9.80 Å². The molecule has 0 spiro atoms. The van der Waals surface area contributed by atoms with Crippen molar-refractivity contribution in [2.45, 2.75) is 24.9 Å². The molecule has 2 aromatic carbocycles. The molecule has 0 bridgehead atoms. The SMILES string of the molecule is O=C1Nc2ccc(-c3ccc(Cl)cc3)cc2C(=O)N2CCN(C(=O)[C@H]3CCC[NH2+]3)C[C@@H]12. The first-order valence-electron chi connectivity index (χ1n) is 10.7. The number of benzene rings is 2. The van der Waals surface area contributed by atoms with E-state index in [1.807, 2.05) is 24.3 Å². The highest BCUT2D eigenvalue weighted by molar-refractivity contribution is 6.30. The number of piperazine rings is 1. The number of nitrogens with two attached hydrogens (primary N) is 1. The number of carbonyl (C=O) groups excluding carboxylic acids is 3. The summed E-state index contributed by atoms with van der Waals surface area (Å²) in [6, 6.07) is 12.1. The number of carbonyl (C=O) groups is 3. The van der Waals surface area contributed by atoms with Crippen LogP contribution in [-0.2, 0) is 9.59 Å². The molecule has 2 aromatic rings. The molecule has 0 unspecified atom stereocenters. The normalized spacial score (nSPS) is 23.1. The molecule has 3 amide bonds.